The number of rotatable bonds is 2. The normalized spacial score (nSPS) is 25.6. The van der Waals surface area contributed by atoms with Gasteiger partial charge in [-0.2, -0.15) is 11.8 Å². The average molecular weight is 336 g/mol. The Labute approximate surface area is 140 Å². The van der Waals surface area contributed by atoms with Crippen LogP contribution in [0, 0.1) is 11.7 Å². The van der Waals surface area contributed by atoms with Gasteiger partial charge < -0.3 is 9.80 Å². The van der Waals surface area contributed by atoms with Gasteiger partial charge in [-0.1, -0.05) is 18.2 Å². The van der Waals surface area contributed by atoms with Crippen LogP contribution in [0.4, 0.5) is 4.39 Å². The summed E-state index contributed by atoms with van der Waals surface area (Å²) in [5.74, 6) is 0.505. The molecule has 0 aliphatic carbocycles. The van der Waals surface area contributed by atoms with Crippen molar-refractivity contribution in [2.45, 2.75) is 18.1 Å². The van der Waals surface area contributed by atoms with Gasteiger partial charge in [-0.3, -0.25) is 9.59 Å². The number of hydrogen-bond donors (Lipinski definition) is 0. The van der Waals surface area contributed by atoms with Gasteiger partial charge in [-0.25, -0.2) is 4.39 Å². The number of likely N-dealkylation sites (tertiary alicyclic amines) is 1. The van der Waals surface area contributed by atoms with E-state index >= 15 is 0 Å². The third-order valence-electron chi connectivity index (χ3n) is 4.60. The second-order valence-electron chi connectivity index (χ2n) is 6.17. The van der Waals surface area contributed by atoms with Crippen LogP contribution in [-0.2, 0) is 9.59 Å². The summed E-state index contributed by atoms with van der Waals surface area (Å²) >= 11 is 1.70. The Bertz CT molecular complexity index is 610. The minimum absolute atomic E-state index is 0.0387. The summed E-state index contributed by atoms with van der Waals surface area (Å²) in [7, 11) is 1.74. The zero-order valence-corrected chi connectivity index (χ0v) is 14.0. The Morgan fingerprint density at radius 2 is 2.09 bits per heavy atom. The summed E-state index contributed by atoms with van der Waals surface area (Å²) in [5.41, 5.74) is 0.725. The molecular weight excluding hydrogens is 315 g/mol. The van der Waals surface area contributed by atoms with Gasteiger partial charge in [0.1, 0.15) is 5.82 Å². The molecule has 0 aromatic heterocycles. The maximum Gasteiger partial charge on any atom is 0.228 e. The Balaban J connectivity index is 1.64. The first-order valence-electron chi connectivity index (χ1n) is 7.95. The molecule has 4 nitrogen and oxygen atoms in total. The van der Waals surface area contributed by atoms with Crippen molar-refractivity contribution in [3.05, 3.63) is 35.6 Å². The van der Waals surface area contributed by atoms with Crippen molar-refractivity contribution >= 4 is 23.6 Å². The van der Waals surface area contributed by atoms with Crippen LogP contribution in [-0.4, -0.2) is 54.0 Å². The molecule has 2 unspecified atom stereocenters. The molecule has 2 heterocycles. The SMILES string of the molecule is CN1CC(C(=O)N2CCSC(c3ccccc3F)CC2)CC1=O. The lowest BCUT2D eigenvalue weighted by Crippen LogP contribution is -2.38. The molecule has 2 fully saturated rings. The lowest BCUT2D eigenvalue weighted by Gasteiger charge is -2.23. The molecule has 1 aromatic carbocycles. The van der Waals surface area contributed by atoms with E-state index in [2.05, 4.69) is 0 Å². The van der Waals surface area contributed by atoms with E-state index in [0.717, 1.165) is 17.7 Å². The largest absolute Gasteiger partial charge is 0.345 e. The Morgan fingerprint density at radius 1 is 1.30 bits per heavy atom. The lowest BCUT2D eigenvalue weighted by atomic mass is 10.1. The second kappa shape index (κ2) is 6.91. The Hall–Kier alpha value is -1.56. The Morgan fingerprint density at radius 3 is 2.78 bits per heavy atom. The smallest absolute Gasteiger partial charge is 0.228 e. The van der Waals surface area contributed by atoms with E-state index in [1.165, 1.54) is 6.07 Å². The van der Waals surface area contributed by atoms with E-state index in [4.69, 9.17) is 0 Å². The van der Waals surface area contributed by atoms with Crippen LogP contribution in [0.1, 0.15) is 23.7 Å². The lowest BCUT2D eigenvalue weighted by molar-refractivity contribution is -0.135. The highest BCUT2D eigenvalue weighted by molar-refractivity contribution is 7.99. The van der Waals surface area contributed by atoms with Crippen molar-refractivity contribution in [2.24, 2.45) is 5.92 Å². The van der Waals surface area contributed by atoms with E-state index in [1.807, 2.05) is 17.0 Å². The summed E-state index contributed by atoms with van der Waals surface area (Å²) in [5, 5.41) is 0.0851. The molecule has 6 heteroatoms. The summed E-state index contributed by atoms with van der Waals surface area (Å²) in [6.45, 7) is 1.81. The summed E-state index contributed by atoms with van der Waals surface area (Å²) in [6, 6.07) is 6.87. The standard InChI is InChI=1S/C17H21FN2O2S/c1-19-11-12(10-16(19)21)17(22)20-7-6-15(23-9-8-20)13-4-2-3-5-14(13)18/h2-5,12,15H,6-11H2,1H3. The number of halogens is 1. The van der Waals surface area contributed by atoms with Crippen molar-refractivity contribution in [2.75, 3.05) is 32.4 Å². The van der Waals surface area contributed by atoms with Crippen molar-refractivity contribution < 1.29 is 14.0 Å². The van der Waals surface area contributed by atoms with Crippen LogP contribution >= 0.6 is 11.8 Å². The predicted octanol–water partition coefficient (Wildman–Crippen LogP) is 2.31. The maximum absolute atomic E-state index is 14.0. The van der Waals surface area contributed by atoms with Crippen LogP contribution in [0.5, 0.6) is 0 Å². The van der Waals surface area contributed by atoms with E-state index in [0.29, 0.717) is 26.1 Å². The summed E-state index contributed by atoms with van der Waals surface area (Å²) in [4.78, 5) is 27.7. The third kappa shape index (κ3) is 3.52. The molecule has 2 saturated heterocycles. The van der Waals surface area contributed by atoms with Gasteiger partial charge in [0.25, 0.3) is 0 Å². The fraction of sp³-hybridized carbons (Fsp3) is 0.529. The summed E-state index contributed by atoms with van der Waals surface area (Å²) in [6.07, 6.45) is 1.06. The van der Waals surface area contributed by atoms with Gasteiger partial charge in [-0.15, -0.1) is 0 Å². The zero-order chi connectivity index (χ0) is 16.4. The molecule has 1 aromatic rings. The summed E-state index contributed by atoms with van der Waals surface area (Å²) < 4.78 is 14.0. The van der Waals surface area contributed by atoms with Crippen LogP contribution in [0.15, 0.2) is 24.3 Å². The monoisotopic (exact) mass is 336 g/mol. The molecule has 2 aliphatic heterocycles. The fourth-order valence-electron chi connectivity index (χ4n) is 3.26. The number of carbonyl (C=O) groups excluding carboxylic acids is 2. The van der Waals surface area contributed by atoms with Gasteiger partial charge in [0.05, 0.1) is 5.92 Å². The molecule has 0 spiro atoms. The van der Waals surface area contributed by atoms with Gasteiger partial charge >= 0.3 is 0 Å². The number of benzene rings is 1. The molecule has 23 heavy (non-hydrogen) atoms. The number of nitrogens with zero attached hydrogens (tertiary/aromatic N) is 2. The van der Waals surface area contributed by atoms with E-state index in [-0.39, 0.29) is 28.8 Å². The first-order valence-corrected chi connectivity index (χ1v) is 9.00. The van der Waals surface area contributed by atoms with Crippen LogP contribution in [0.3, 0.4) is 0 Å². The van der Waals surface area contributed by atoms with Gasteiger partial charge in [0.2, 0.25) is 11.8 Å². The molecule has 124 valence electrons. The highest BCUT2D eigenvalue weighted by Crippen LogP contribution is 2.36. The molecular formula is C17H21FN2O2S. The highest BCUT2D eigenvalue weighted by atomic mass is 32.2. The maximum atomic E-state index is 14.0. The van der Waals surface area contributed by atoms with Crippen molar-refractivity contribution in [1.29, 1.82) is 0 Å². The van der Waals surface area contributed by atoms with Crippen molar-refractivity contribution in [1.82, 2.24) is 9.80 Å². The molecule has 0 radical (unpaired) electrons. The molecule has 2 aliphatic rings. The zero-order valence-electron chi connectivity index (χ0n) is 13.2. The van der Waals surface area contributed by atoms with Gasteiger partial charge in [0, 0.05) is 49.7 Å². The molecule has 0 saturated carbocycles. The van der Waals surface area contributed by atoms with E-state index in [9.17, 15) is 14.0 Å². The number of carbonyl (C=O) groups is 2. The van der Waals surface area contributed by atoms with Crippen molar-refractivity contribution in [3.63, 3.8) is 0 Å². The van der Waals surface area contributed by atoms with Gasteiger partial charge in [-0.05, 0) is 12.5 Å². The van der Waals surface area contributed by atoms with Crippen molar-refractivity contribution in [3.8, 4) is 0 Å². The van der Waals surface area contributed by atoms with Crippen LogP contribution in [0.25, 0.3) is 0 Å². The molecule has 0 bridgehead atoms. The molecule has 0 N–H and O–H groups in total. The minimum atomic E-state index is -0.220. The number of thioether (sulfide) groups is 1. The molecule has 2 atom stereocenters. The minimum Gasteiger partial charge on any atom is -0.345 e. The molecule has 2 amide bonds. The van der Waals surface area contributed by atoms with Crippen LogP contribution < -0.4 is 0 Å². The van der Waals surface area contributed by atoms with Crippen LogP contribution in [0.2, 0.25) is 0 Å². The Kier molecular flexibility index (Phi) is 4.90. The van der Waals surface area contributed by atoms with E-state index < -0.39 is 0 Å². The highest BCUT2D eigenvalue weighted by Gasteiger charge is 2.35. The first-order chi connectivity index (χ1) is 11.1. The second-order valence-corrected chi connectivity index (χ2v) is 7.48. The average Bonchev–Trinajstić information content (AvgIpc) is 2.76. The quantitative estimate of drug-likeness (QED) is 0.832. The molecule has 3 rings (SSSR count). The van der Waals surface area contributed by atoms with E-state index in [1.54, 1.807) is 29.8 Å². The number of amides is 2. The number of hydrogen-bond acceptors (Lipinski definition) is 3. The third-order valence-corrected chi connectivity index (χ3v) is 5.91. The topological polar surface area (TPSA) is 40.6 Å². The first kappa shape index (κ1) is 16.3. The predicted molar refractivity (Wildman–Crippen MR) is 88.5 cm³/mol. The fourth-order valence-corrected chi connectivity index (χ4v) is 4.52. The van der Waals surface area contributed by atoms with Gasteiger partial charge in [0.15, 0.2) is 0 Å².